The summed E-state index contributed by atoms with van der Waals surface area (Å²) >= 11 is 0. The minimum absolute atomic E-state index is 0.238. The number of hydrogen-bond acceptors (Lipinski definition) is 6. The Kier molecular flexibility index (Phi) is 10.8. The zero-order valence-corrected chi connectivity index (χ0v) is 19.9. The summed E-state index contributed by atoms with van der Waals surface area (Å²) in [6.07, 6.45) is 8.58. The molecule has 1 aliphatic heterocycles. The SMILES string of the molecule is CCCNC1(CCC)N=C(N)N(CCC)C(CCC)(N(C)CCC)N1CCC. The van der Waals surface area contributed by atoms with Crippen molar-refractivity contribution in [1.82, 2.24) is 20.0 Å². The Morgan fingerprint density at radius 3 is 2.04 bits per heavy atom. The van der Waals surface area contributed by atoms with Gasteiger partial charge in [0.25, 0.3) is 0 Å². The Hall–Kier alpha value is -0.850. The topological polar surface area (TPSA) is 60.1 Å². The van der Waals surface area contributed by atoms with Gasteiger partial charge in [-0.2, -0.15) is 0 Å². The Morgan fingerprint density at radius 1 is 0.893 bits per heavy atom. The van der Waals surface area contributed by atoms with Gasteiger partial charge in [-0.05, 0) is 45.7 Å². The lowest BCUT2D eigenvalue weighted by Crippen LogP contribution is -2.81. The summed E-state index contributed by atoms with van der Waals surface area (Å²) in [5.41, 5.74) is 6.72. The Balaban J connectivity index is 3.71. The van der Waals surface area contributed by atoms with Crippen LogP contribution in [0, 0.1) is 0 Å². The van der Waals surface area contributed by atoms with Crippen LogP contribution in [0.4, 0.5) is 0 Å². The molecule has 2 atom stereocenters. The minimum Gasteiger partial charge on any atom is -0.370 e. The second-order valence-corrected chi connectivity index (χ2v) is 8.21. The average Bonchev–Trinajstić information content (AvgIpc) is 2.66. The van der Waals surface area contributed by atoms with Gasteiger partial charge in [-0.15, -0.1) is 0 Å². The van der Waals surface area contributed by atoms with Crippen LogP contribution in [0.2, 0.25) is 0 Å². The third-order valence-corrected chi connectivity index (χ3v) is 5.79. The lowest BCUT2D eigenvalue weighted by Gasteiger charge is -2.63. The van der Waals surface area contributed by atoms with Crippen LogP contribution >= 0.6 is 0 Å². The molecule has 6 heteroatoms. The van der Waals surface area contributed by atoms with E-state index in [0.29, 0.717) is 5.96 Å². The molecule has 0 spiro atoms. The summed E-state index contributed by atoms with van der Waals surface area (Å²) in [4.78, 5) is 12.8. The quantitative estimate of drug-likeness (QED) is 0.465. The van der Waals surface area contributed by atoms with Crippen molar-refractivity contribution in [2.24, 2.45) is 10.7 Å². The first-order chi connectivity index (χ1) is 13.4. The molecular weight excluding hydrogens is 348 g/mol. The van der Waals surface area contributed by atoms with E-state index in [9.17, 15) is 0 Å². The first-order valence-electron chi connectivity index (χ1n) is 11.8. The third-order valence-electron chi connectivity index (χ3n) is 5.79. The third kappa shape index (κ3) is 5.00. The lowest BCUT2D eigenvalue weighted by molar-refractivity contribution is -0.202. The highest BCUT2D eigenvalue weighted by atomic mass is 15.7. The molecule has 0 saturated heterocycles. The van der Waals surface area contributed by atoms with Gasteiger partial charge in [0.1, 0.15) is 0 Å². The van der Waals surface area contributed by atoms with E-state index in [0.717, 1.165) is 77.5 Å². The van der Waals surface area contributed by atoms with Crippen molar-refractivity contribution < 1.29 is 0 Å². The second kappa shape index (κ2) is 12.0. The average molecular weight is 397 g/mol. The molecule has 0 aromatic heterocycles. The standard InChI is InChI=1S/C22H48N6/c1-8-14-21(24-16-10-3)25-20(23)27(18-12-5)22(15-9-2,26(7)17-11-4)28(21)19-13-6/h24H,8-19H2,1-7H3,(H2,23,25). The number of aliphatic imine (C=N–C) groups is 1. The molecule has 0 amide bonds. The summed E-state index contributed by atoms with van der Waals surface area (Å²) in [5, 5.41) is 3.83. The molecule has 0 aromatic carbocycles. The molecule has 3 N–H and O–H groups in total. The number of nitrogens with one attached hydrogen (secondary N) is 1. The van der Waals surface area contributed by atoms with Crippen LogP contribution in [0.1, 0.15) is 92.9 Å². The number of nitrogens with zero attached hydrogens (tertiary/aromatic N) is 4. The minimum atomic E-state index is -0.424. The molecule has 2 unspecified atom stereocenters. The number of rotatable bonds is 14. The van der Waals surface area contributed by atoms with Gasteiger partial charge >= 0.3 is 0 Å². The Bertz CT molecular complexity index is 468. The number of nitrogens with two attached hydrogens (primary N) is 1. The van der Waals surface area contributed by atoms with Crippen LogP contribution in [0.25, 0.3) is 0 Å². The maximum atomic E-state index is 6.72. The summed E-state index contributed by atoms with van der Waals surface area (Å²) in [7, 11) is 2.28. The zero-order chi connectivity index (χ0) is 21.2. The van der Waals surface area contributed by atoms with E-state index >= 15 is 0 Å². The molecule has 0 aromatic rings. The zero-order valence-electron chi connectivity index (χ0n) is 19.9. The molecule has 28 heavy (non-hydrogen) atoms. The number of hydrogen-bond donors (Lipinski definition) is 2. The van der Waals surface area contributed by atoms with Crippen LogP contribution < -0.4 is 11.1 Å². The Morgan fingerprint density at radius 2 is 1.54 bits per heavy atom. The first-order valence-corrected chi connectivity index (χ1v) is 11.8. The van der Waals surface area contributed by atoms with Crippen LogP contribution in [-0.4, -0.2) is 65.5 Å². The summed E-state index contributed by atoms with van der Waals surface area (Å²) < 4.78 is 0. The fourth-order valence-corrected chi connectivity index (χ4v) is 4.85. The molecule has 1 heterocycles. The molecule has 6 nitrogen and oxygen atoms in total. The fraction of sp³-hybridized carbons (Fsp3) is 0.955. The number of guanidine groups is 1. The molecular formula is C22H48N6. The van der Waals surface area contributed by atoms with Gasteiger partial charge in [0.05, 0.1) is 0 Å². The van der Waals surface area contributed by atoms with E-state index in [1.54, 1.807) is 0 Å². The van der Waals surface area contributed by atoms with Gasteiger partial charge in [-0.1, -0.05) is 54.4 Å². The van der Waals surface area contributed by atoms with Gasteiger partial charge in [-0.3, -0.25) is 10.2 Å². The predicted molar refractivity (Wildman–Crippen MR) is 122 cm³/mol. The van der Waals surface area contributed by atoms with Crippen molar-refractivity contribution in [3.8, 4) is 0 Å². The molecule has 0 saturated carbocycles. The smallest absolute Gasteiger partial charge is 0.196 e. The van der Waals surface area contributed by atoms with E-state index < -0.39 is 5.79 Å². The van der Waals surface area contributed by atoms with Crippen LogP contribution in [0.5, 0.6) is 0 Å². The largest absolute Gasteiger partial charge is 0.370 e. The van der Waals surface area contributed by atoms with Gasteiger partial charge in [-0.25, -0.2) is 9.89 Å². The monoisotopic (exact) mass is 396 g/mol. The van der Waals surface area contributed by atoms with E-state index in [2.05, 4.69) is 68.6 Å². The van der Waals surface area contributed by atoms with E-state index in [1.165, 1.54) is 0 Å². The first kappa shape index (κ1) is 25.2. The highest BCUT2D eigenvalue weighted by Crippen LogP contribution is 2.40. The molecule has 0 bridgehead atoms. The van der Waals surface area contributed by atoms with Gasteiger partial charge in [0.2, 0.25) is 0 Å². The molecule has 166 valence electrons. The van der Waals surface area contributed by atoms with Crippen molar-refractivity contribution in [3.05, 3.63) is 0 Å². The highest BCUT2D eigenvalue weighted by Gasteiger charge is 2.56. The van der Waals surface area contributed by atoms with E-state index in [4.69, 9.17) is 10.7 Å². The van der Waals surface area contributed by atoms with Gasteiger partial charge in [0.15, 0.2) is 17.5 Å². The normalized spacial score (nSPS) is 26.1. The molecule has 0 aliphatic carbocycles. The van der Waals surface area contributed by atoms with Crippen molar-refractivity contribution >= 4 is 5.96 Å². The maximum Gasteiger partial charge on any atom is 0.196 e. The van der Waals surface area contributed by atoms with E-state index in [-0.39, 0.29) is 5.79 Å². The fourth-order valence-electron chi connectivity index (χ4n) is 4.85. The van der Waals surface area contributed by atoms with Crippen molar-refractivity contribution in [3.63, 3.8) is 0 Å². The highest BCUT2D eigenvalue weighted by molar-refractivity contribution is 5.80. The van der Waals surface area contributed by atoms with Crippen molar-refractivity contribution in [2.45, 2.75) is 104 Å². The molecule has 0 radical (unpaired) electrons. The van der Waals surface area contributed by atoms with Crippen LogP contribution in [-0.2, 0) is 0 Å². The maximum absolute atomic E-state index is 6.72. The predicted octanol–water partition coefficient (Wildman–Crippen LogP) is 3.99. The molecule has 0 fully saturated rings. The molecule has 1 aliphatic rings. The van der Waals surface area contributed by atoms with Crippen molar-refractivity contribution in [1.29, 1.82) is 0 Å². The van der Waals surface area contributed by atoms with Crippen molar-refractivity contribution in [2.75, 3.05) is 33.2 Å². The summed E-state index contributed by atoms with van der Waals surface area (Å²) in [6, 6.07) is 0. The molecule has 1 rings (SSSR count). The summed E-state index contributed by atoms with van der Waals surface area (Å²) in [6.45, 7) is 17.5. The second-order valence-electron chi connectivity index (χ2n) is 8.21. The van der Waals surface area contributed by atoms with Gasteiger partial charge in [0, 0.05) is 26.1 Å². The summed E-state index contributed by atoms with van der Waals surface area (Å²) in [5.74, 6) is 0.0350. The lowest BCUT2D eigenvalue weighted by atomic mass is 9.98. The Labute approximate surface area is 174 Å². The van der Waals surface area contributed by atoms with Crippen LogP contribution in [0.3, 0.4) is 0 Å². The van der Waals surface area contributed by atoms with E-state index in [1.807, 2.05) is 0 Å². The van der Waals surface area contributed by atoms with Gasteiger partial charge < -0.3 is 10.6 Å². The van der Waals surface area contributed by atoms with Crippen LogP contribution in [0.15, 0.2) is 4.99 Å².